The first kappa shape index (κ1) is 16.6. The fraction of sp³-hybridized carbons (Fsp3) is 0.529. The summed E-state index contributed by atoms with van der Waals surface area (Å²) in [6.45, 7) is 2.27. The molecule has 1 aromatic carbocycles. The maximum Gasteiger partial charge on any atom is 0.222 e. The standard InChI is InChI=1S/C17H23NO4/c1-18(12-15-13-21-10-11-22-15)17(20)9-5-8-16(19)14-6-3-2-4-7-14/h2-4,6-7,15H,5,8-13H2,1H3/t15-/m1/s1. The Bertz CT molecular complexity index is 483. The summed E-state index contributed by atoms with van der Waals surface area (Å²) in [6, 6.07) is 9.18. The van der Waals surface area contributed by atoms with Crippen LogP contribution in [0.4, 0.5) is 0 Å². The molecule has 1 amide bonds. The number of amides is 1. The Kier molecular flexibility index (Phi) is 6.55. The maximum absolute atomic E-state index is 12.1. The zero-order chi connectivity index (χ0) is 15.8. The first-order valence-corrected chi connectivity index (χ1v) is 7.68. The van der Waals surface area contributed by atoms with Crippen molar-refractivity contribution in [3.05, 3.63) is 35.9 Å². The Morgan fingerprint density at radius 3 is 2.64 bits per heavy atom. The lowest BCUT2D eigenvalue weighted by atomic mass is 10.1. The van der Waals surface area contributed by atoms with Crippen molar-refractivity contribution in [2.75, 3.05) is 33.4 Å². The molecule has 1 aliphatic heterocycles. The van der Waals surface area contributed by atoms with Crippen LogP contribution in [-0.2, 0) is 14.3 Å². The molecule has 2 rings (SSSR count). The van der Waals surface area contributed by atoms with Gasteiger partial charge in [0.2, 0.25) is 5.91 Å². The molecular formula is C17H23NO4. The molecule has 1 aromatic rings. The van der Waals surface area contributed by atoms with E-state index in [4.69, 9.17) is 9.47 Å². The zero-order valence-corrected chi connectivity index (χ0v) is 13.0. The van der Waals surface area contributed by atoms with Gasteiger partial charge in [-0.05, 0) is 6.42 Å². The summed E-state index contributed by atoms with van der Waals surface area (Å²) in [7, 11) is 1.76. The van der Waals surface area contributed by atoms with Crippen molar-refractivity contribution < 1.29 is 19.1 Å². The van der Waals surface area contributed by atoms with Crippen LogP contribution in [0, 0.1) is 0 Å². The molecule has 0 aromatic heterocycles. The SMILES string of the molecule is CN(C[C@@H]1COCCO1)C(=O)CCCC(=O)c1ccccc1. The van der Waals surface area contributed by atoms with Gasteiger partial charge >= 0.3 is 0 Å². The number of Topliss-reactive ketones (excluding diaryl/α,β-unsaturated/α-hetero) is 1. The van der Waals surface area contributed by atoms with Crippen LogP contribution in [0.2, 0.25) is 0 Å². The predicted octanol–water partition coefficient (Wildman–Crippen LogP) is 1.91. The van der Waals surface area contributed by atoms with Crippen LogP contribution < -0.4 is 0 Å². The highest BCUT2D eigenvalue weighted by molar-refractivity contribution is 5.96. The lowest BCUT2D eigenvalue weighted by Gasteiger charge is -2.27. The summed E-state index contributed by atoms with van der Waals surface area (Å²) in [5.74, 6) is 0.120. The van der Waals surface area contributed by atoms with Crippen molar-refractivity contribution >= 4 is 11.7 Å². The molecule has 1 fully saturated rings. The van der Waals surface area contributed by atoms with Gasteiger partial charge in [0.15, 0.2) is 5.78 Å². The van der Waals surface area contributed by atoms with Crippen LogP contribution in [0.3, 0.4) is 0 Å². The van der Waals surface area contributed by atoms with E-state index in [1.165, 1.54) is 0 Å². The molecule has 0 N–H and O–H groups in total. The van der Waals surface area contributed by atoms with Crippen molar-refractivity contribution in [1.82, 2.24) is 4.90 Å². The highest BCUT2D eigenvalue weighted by atomic mass is 16.6. The molecule has 5 nitrogen and oxygen atoms in total. The first-order chi connectivity index (χ1) is 10.7. The van der Waals surface area contributed by atoms with E-state index in [0.29, 0.717) is 51.2 Å². The molecule has 0 bridgehead atoms. The highest BCUT2D eigenvalue weighted by Gasteiger charge is 2.19. The monoisotopic (exact) mass is 305 g/mol. The lowest BCUT2D eigenvalue weighted by Crippen LogP contribution is -2.40. The molecule has 22 heavy (non-hydrogen) atoms. The minimum atomic E-state index is -0.0475. The number of ketones is 1. The van der Waals surface area contributed by atoms with E-state index in [1.807, 2.05) is 18.2 Å². The number of ether oxygens (including phenoxy) is 2. The van der Waals surface area contributed by atoms with Gasteiger partial charge in [0.05, 0.1) is 25.9 Å². The summed E-state index contributed by atoms with van der Waals surface area (Å²) < 4.78 is 10.8. The number of carbonyl (C=O) groups excluding carboxylic acids is 2. The highest BCUT2D eigenvalue weighted by Crippen LogP contribution is 2.09. The van der Waals surface area contributed by atoms with Crippen LogP contribution in [0.15, 0.2) is 30.3 Å². The lowest BCUT2D eigenvalue weighted by molar-refractivity contribution is -0.136. The van der Waals surface area contributed by atoms with Crippen LogP contribution in [0.5, 0.6) is 0 Å². The van der Waals surface area contributed by atoms with E-state index in [0.717, 1.165) is 0 Å². The maximum atomic E-state index is 12.1. The third-order valence-corrected chi connectivity index (χ3v) is 3.68. The first-order valence-electron chi connectivity index (χ1n) is 7.68. The second-order valence-electron chi connectivity index (χ2n) is 5.48. The number of carbonyl (C=O) groups is 2. The molecule has 0 aliphatic carbocycles. The van der Waals surface area contributed by atoms with Gasteiger partial charge in [-0.25, -0.2) is 0 Å². The molecule has 120 valence electrons. The average Bonchev–Trinajstić information content (AvgIpc) is 2.56. The van der Waals surface area contributed by atoms with Gasteiger partial charge in [0, 0.05) is 32.0 Å². The summed E-state index contributed by atoms with van der Waals surface area (Å²) in [4.78, 5) is 25.7. The molecule has 1 heterocycles. The van der Waals surface area contributed by atoms with Crippen molar-refractivity contribution in [1.29, 1.82) is 0 Å². The Morgan fingerprint density at radius 2 is 1.95 bits per heavy atom. The van der Waals surface area contributed by atoms with Gasteiger partial charge in [0.25, 0.3) is 0 Å². The molecule has 1 aliphatic rings. The Hall–Kier alpha value is -1.72. The summed E-state index contributed by atoms with van der Waals surface area (Å²) in [5, 5.41) is 0. The Morgan fingerprint density at radius 1 is 1.18 bits per heavy atom. The Labute approximate surface area is 131 Å². The number of hydrogen-bond donors (Lipinski definition) is 0. The molecule has 0 spiro atoms. The second-order valence-corrected chi connectivity index (χ2v) is 5.48. The van der Waals surface area contributed by atoms with Gasteiger partial charge in [0.1, 0.15) is 0 Å². The van der Waals surface area contributed by atoms with Gasteiger partial charge in [-0.2, -0.15) is 0 Å². The third-order valence-electron chi connectivity index (χ3n) is 3.68. The van der Waals surface area contributed by atoms with Crippen molar-refractivity contribution in [3.8, 4) is 0 Å². The quantitative estimate of drug-likeness (QED) is 0.722. The summed E-state index contributed by atoms with van der Waals surface area (Å²) in [5.41, 5.74) is 0.705. The molecular weight excluding hydrogens is 282 g/mol. The number of likely N-dealkylation sites (N-methyl/N-ethyl adjacent to an activating group) is 1. The van der Waals surface area contributed by atoms with E-state index < -0.39 is 0 Å². The van der Waals surface area contributed by atoms with Crippen molar-refractivity contribution in [2.24, 2.45) is 0 Å². The van der Waals surface area contributed by atoms with E-state index in [-0.39, 0.29) is 17.8 Å². The minimum Gasteiger partial charge on any atom is -0.376 e. The number of hydrogen-bond acceptors (Lipinski definition) is 4. The molecule has 5 heteroatoms. The molecule has 1 atom stereocenters. The van der Waals surface area contributed by atoms with E-state index >= 15 is 0 Å². The van der Waals surface area contributed by atoms with Crippen LogP contribution in [-0.4, -0.2) is 56.1 Å². The number of nitrogens with zero attached hydrogens (tertiary/aromatic N) is 1. The van der Waals surface area contributed by atoms with Gasteiger partial charge in [-0.1, -0.05) is 30.3 Å². The number of benzene rings is 1. The minimum absolute atomic E-state index is 0.0371. The smallest absolute Gasteiger partial charge is 0.222 e. The third kappa shape index (κ3) is 5.24. The fourth-order valence-electron chi connectivity index (χ4n) is 2.41. The summed E-state index contributed by atoms with van der Waals surface area (Å²) >= 11 is 0. The fourth-order valence-corrected chi connectivity index (χ4v) is 2.41. The van der Waals surface area contributed by atoms with Crippen molar-refractivity contribution in [2.45, 2.75) is 25.4 Å². The average molecular weight is 305 g/mol. The Balaban J connectivity index is 1.67. The van der Waals surface area contributed by atoms with E-state index in [1.54, 1.807) is 24.1 Å². The largest absolute Gasteiger partial charge is 0.376 e. The van der Waals surface area contributed by atoms with E-state index in [9.17, 15) is 9.59 Å². The molecule has 1 saturated heterocycles. The molecule has 0 radical (unpaired) electrons. The predicted molar refractivity (Wildman–Crippen MR) is 82.8 cm³/mol. The van der Waals surface area contributed by atoms with Gasteiger partial charge in [-0.15, -0.1) is 0 Å². The van der Waals surface area contributed by atoms with Gasteiger partial charge in [-0.3, -0.25) is 9.59 Å². The molecule has 0 unspecified atom stereocenters. The number of rotatable bonds is 7. The summed E-state index contributed by atoms with van der Waals surface area (Å²) in [6.07, 6.45) is 1.29. The second kappa shape index (κ2) is 8.66. The van der Waals surface area contributed by atoms with Crippen LogP contribution in [0.1, 0.15) is 29.6 Å². The molecule has 0 saturated carbocycles. The normalized spacial score (nSPS) is 18.0. The van der Waals surface area contributed by atoms with E-state index in [2.05, 4.69) is 0 Å². The van der Waals surface area contributed by atoms with Crippen LogP contribution in [0.25, 0.3) is 0 Å². The van der Waals surface area contributed by atoms with Crippen LogP contribution >= 0.6 is 0 Å². The van der Waals surface area contributed by atoms with Gasteiger partial charge < -0.3 is 14.4 Å². The topological polar surface area (TPSA) is 55.8 Å². The zero-order valence-electron chi connectivity index (χ0n) is 13.0. The van der Waals surface area contributed by atoms with Crippen molar-refractivity contribution in [3.63, 3.8) is 0 Å².